The highest BCUT2D eigenvalue weighted by molar-refractivity contribution is 5.91. The zero-order chi connectivity index (χ0) is 17.5. The molecule has 0 saturated carbocycles. The Morgan fingerprint density at radius 1 is 1.38 bits per heavy atom. The van der Waals surface area contributed by atoms with Crippen molar-refractivity contribution in [2.45, 2.75) is 26.2 Å². The van der Waals surface area contributed by atoms with Gasteiger partial charge < -0.3 is 25.1 Å². The van der Waals surface area contributed by atoms with Crippen molar-refractivity contribution in [3.8, 4) is 0 Å². The van der Waals surface area contributed by atoms with Gasteiger partial charge in [0, 0.05) is 39.0 Å². The average molecular weight is 334 g/mol. The molecule has 0 spiro atoms. The van der Waals surface area contributed by atoms with E-state index in [1.807, 2.05) is 20.2 Å². The first-order valence-electron chi connectivity index (χ1n) is 8.27. The molecule has 132 valence electrons. The van der Waals surface area contributed by atoms with Gasteiger partial charge in [0.25, 0.3) is 6.01 Å². The Morgan fingerprint density at radius 2 is 2.17 bits per heavy atom. The number of benzene rings is 1. The number of amides is 2. The van der Waals surface area contributed by atoms with Gasteiger partial charge in [0.05, 0.1) is 0 Å². The lowest BCUT2D eigenvalue weighted by molar-refractivity contribution is 0.237. The van der Waals surface area contributed by atoms with E-state index >= 15 is 0 Å². The van der Waals surface area contributed by atoms with Gasteiger partial charge in [0.15, 0.2) is 5.58 Å². The van der Waals surface area contributed by atoms with Gasteiger partial charge in [-0.05, 0) is 30.9 Å². The van der Waals surface area contributed by atoms with Crippen LogP contribution in [0.4, 0.5) is 16.5 Å². The minimum Gasteiger partial charge on any atom is -0.423 e. The van der Waals surface area contributed by atoms with E-state index in [4.69, 9.17) is 9.52 Å². The second-order valence-corrected chi connectivity index (χ2v) is 6.08. The molecule has 0 aliphatic heterocycles. The first-order valence-corrected chi connectivity index (χ1v) is 8.27. The van der Waals surface area contributed by atoms with Gasteiger partial charge in [0.2, 0.25) is 0 Å². The van der Waals surface area contributed by atoms with E-state index in [0.29, 0.717) is 36.2 Å². The topological polar surface area (TPSA) is 90.6 Å². The molecule has 0 aliphatic rings. The molecule has 0 radical (unpaired) electrons. The van der Waals surface area contributed by atoms with Gasteiger partial charge in [-0.25, -0.2) is 4.79 Å². The molecule has 2 aromatic rings. The average Bonchev–Trinajstić information content (AvgIpc) is 2.96. The molecule has 1 aromatic heterocycles. The van der Waals surface area contributed by atoms with E-state index in [1.165, 1.54) is 0 Å². The molecule has 1 atom stereocenters. The predicted octanol–water partition coefficient (Wildman–Crippen LogP) is 2.81. The molecular formula is C17H26N4O3. The normalized spacial score (nSPS) is 12.2. The van der Waals surface area contributed by atoms with Gasteiger partial charge in [0.1, 0.15) is 5.52 Å². The summed E-state index contributed by atoms with van der Waals surface area (Å²) in [4.78, 5) is 18.2. The van der Waals surface area contributed by atoms with E-state index < -0.39 is 0 Å². The number of nitrogens with one attached hydrogen (secondary N) is 2. The standard InChI is InChI=1S/C17H26N4O3/c1-4-5-12(8-9-22)11-18-16(23)19-13-6-7-14-15(10-13)24-17(20-14)21(2)3/h6-7,10,12,22H,4-5,8-9,11H2,1-3H3,(H2,18,19,23). The number of hydrogen-bond donors (Lipinski definition) is 3. The summed E-state index contributed by atoms with van der Waals surface area (Å²) in [6, 6.07) is 5.62. The van der Waals surface area contributed by atoms with Crippen molar-refractivity contribution >= 4 is 28.8 Å². The van der Waals surface area contributed by atoms with Gasteiger partial charge in [-0.1, -0.05) is 13.3 Å². The van der Waals surface area contributed by atoms with Gasteiger partial charge >= 0.3 is 6.03 Å². The second-order valence-electron chi connectivity index (χ2n) is 6.08. The first kappa shape index (κ1) is 18.1. The van der Waals surface area contributed by atoms with E-state index in [0.717, 1.165) is 18.4 Å². The van der Waals surface area contributed by atoms with E-state index in [2.05, 4.69) is 22.5 Å². The molecule has 2 rings (SSSR count). The fourth-order valence-corrected chi connectivity index (χ4v) is 2.53. The van der Waals surface area contributed by atoms with Crippen molar-refractivity contribution in [1.29, 1.82) is 0 Å². The van der Waals surface area contributed by atoms with Crippen LogP contribution in [0.1, 0.15) is 26.2 Å². The molecule has 0 saturated heterocycles. The van der Waals surface area contributed by atoms with Crippen LogP contribution in [0.5, 0.6) is 0 Å². The monoisotopic (exact) mass is 334 g/mol. The number of rotatable bonds is 8. The summed E-state index contributed by atoms with van der Waals surface area (Å²) in [7, 11) is 3.72. The van der Waals surface area contributed by atoms with Gasteiger partial charge in [-0.2, -0.15) is 4.98 Å². The number of nitrogens with zero attached hydrogens (tertiary/aromatic N) is 2. The third kappa shape index (κ3) is 4.86. The number of oxazole rings is 1. The Hall–Kier alpha value is -2.28. The summed E-state index contributed by atoms with van der Waals surface area (Å²) in [6.07, 6.45) is 2.72. The van der Waals surface area contributed by atoms with Crippen LogP contribution in [0.2, 0.25) is 0 Å². The molecule has 3 N–H and O–H groups in total. The molecule has 1 unspecified atom stereocenters. The second kappa shape index (κ2) is 8.54. The number of hydrogen-bond acceptors (Lipinski definition) is 5. The van der Waals surface area contributed by atoms with E-state index in [1.54, 1.807) is 17.0 Å². The summed E-state index contributed by atoms with van der Waals surface area (Å²) in [5, 5.41) is 14.7. The third-order valence-corrected chi connectivity index (χ3v) is 3.80. The largest absolute Gasteiger partial charge is 0.423 e. The molecule has 1 aromatic carbocycles. The number of carbonyl (C=O) groups is 1. The molecule has 7 heteroatoms. The highest BCUT2D eigenvalue weighted by Crippen LogP contribution is 2.23. The lowest BCUT2D eigenvalue weighted by atomic mass is 10.0. The SMILES string of the molecule is CCCC(CCO)CNC(=O)Nc1ccc2nc(N(C)C)oc2c1. The maximum Gasteiger partial charge on any atom is 0.319 e. The van der Waals surface area contributed by atoms with Crippen LogP contribution in [-0.4, -0.2) is 43.4 Å². The minimum absolute atomic E-state index is 0.143. The summed E-state index contributed by atoms with van der Waals surface area (Å²) in [5.74, 6) is 0.296. The summed E-state index contributed by atoms with van der Waals surface area (Å²) >= 11 is 0. The summed E-state index contributed by atoms with van der Waals surface area (Å²) < 4.78 is 5.63. The fourth-order valence-electron chi connectivity index (χ4n) is 2.53. The van der Waals surface area contributed by atoms with Crippen LogP contribution in [0.25, 0.3) is 11.1 Å². The number of anilines is 2. The Balaban J connectivity index is 1.94. The van der Waals surface area contributed by atoms with Gasteiger partial charge in [-0.3, -0.25) is 0 Å². The highest BCUT2D eigenvalue weighted by atomic mass is 16.4. The Bertz CT molecular complexity index is 663. The lowest BCUT2D eigenvalue weighted by Crippen LogP contribution is -2.33. The Kier molecular flexibility index (Phi) is 6.43. The number of aliphatic hydroxyl groups excluding tert-OH is 1. The van der Waals surface area contributed by atoms with E-state index in [-0.39, 0.29) is 12.6 Å². The molecule has 0 fully saturated rings. The minimum atomic E-state index is -0.263. The zero-order valence-electron chi connectivity index (χ0n) is 14.5. The maximum atomic E-state index is 12.0. The fraction of sp³-hybridized carbons (Fsp3) is 0.529. The lowest BCUT2D eigenvalue weighted by Gasteiger charge is -2.16. The highest BCUT2D eigenvalue weighted by Gasteiger charge is 2.11. The summed E-state index contributed by atoms with van der Waals surface area (Å²) in [6.45, 7) is 2.79. The molecule has 24 heavy (non-hydrogen) atoms. The number of fused-ring (bicyclic) bond motifs is 1. The van der Waals surface area contributed by atoms with Crippen molar-refractivity contribution in [1.82, 2.24) is 10.3 Å². The molecular weight excluding hydrogens is 308 g/mol. The first-order chi connectivity index (χ1) is 11.5. The molecule has 1 heterocycles. The number of aliphatic hydroxyl groups is 1. The predicted molar refractivity (Wildman–Crippen MR) is 95.5 cm³/mol. The van der Waals surface area contributed by atoms with Crippen molar-refractivity contribution in [2.24, 2.45) is 5.92 Å². The molecule has 2 amide bonds. The molecule has 7 nitrogen and oxygen atoms in total. The van der Waals surface area contributed by atoms with Crippen LogP contribution in [0.15, 0.2) is 22.6 Å². The quantitative estimate of drug-likeness (QED) is 0.690. The third-order valence-electron chi connectivity index (χ3n) is 3.80. The van der Waals surface area contributed by atoms with Gasteiger partial charge in [-0.15, -0.1) is 0 Å². The van der Waals surface area contributed by atoms with Crippen molar-refractivity contribution in [3.63, 3.8) is 0 Å². The summed E-state index contributed by atoms with van der Waals surface area (Å²) in [5.41, 5.74) is 2.02. The zero-order valence-corrected chi connectivity index (χ0v) is 14.5. The van der Waals surface area contributed by atoms with Crippen LogP contribution < -0.4 is 15.5 Å². The van der Waals surface area contributed by atoms with Crippen LogP contribution in [-0.2, 0) is 0 Å². The number of aromatic nitrogens is 1. The molecule has 0 aliphatic carbocycles. The van der Waals surface area contributed by atoms with Crippen molar-refractivity contribution < 1.29 is 14.3 Å². The Labute approximate surface area is 142 Å². The Morgan fingerprint density at radius 3 is 2.83 bits per heavy atom. The van der Waals surface area contributed by atoms with Crippen molar-refractivity contribution in [3.05, 3.63) is 18.2 Å². The van der Waals surface area contributed by atoms with Crippen LogP contribution in [0, 0.1) is 5.92 Å². The maximum absolute atomic E-state index is 12.0. The van der Waals surface area contributed by atoms with Crippen molar-refractivity contribution in [2.75, 3.05) is 37.5 Å². The molecule has 0 bridgehead atoms. The number of urea groups is 1. The smallest absolute Gasteiger partial charge is 0.319 e. The van der Waals surface area contributed by atoms with Crippen LogP contribution >= 0.6 is 0 Å². The number of carbonyl (C=O) groups excluding carboxylic acids is 1. The van der Waals surface area contributed by atoms with E-state index in [9.17, 15) is 4.79 Å². The van der Waals surface area contributed by atoms with Crippen LogP contribution in [0.3, 0.4) is 0 Å².